The monoisotopic (exact) mass is 393 g/mol. The lowest BCUT2D eigenvalue weighted by molar-refractivity contribution is -0.118. The van der Waals surface area contributed by atoms with Crippen LogP contribution in [0.25, 0.3) is 11.3 Å². The number of benzene rings is 2. The van der Waals surface area contributed by atoms with Crippen LogP contribution >= 0.6 is 11.3 Å². The number of nitriles is 1. The highest BCUT2D eigenvalue weighted by atomic mass is 32.1. The van der Waals surface area contributed by atoms with Crippen LogP contribution < -0.4 is 14.8 Å². The maximum atomic E-state index is 12.1. The van der Waals surface area contributed by atoms with Crippen LogP contribution in [-0.4, -0.2) is 24.1 Å². The van der Waals surface area contributed by atoms with Crippen molar-refractivity contribution >= 4 is 22.4 Å². The zero-order chi connectivity index (χ0) is 19.8. The number of carbonyl (C=O) groups excluding carboxylic acids is 1. The van der Waals surface area contributed by atoms with Crippen LogP contribution in [0.5, 0.6) is 11.5 Å². The second-order valence-corrected chi connectivity index (χ2v) is 6.74. The Balaban J connectivity index is 1.53. The Morgan fingerprint density at radius 1 is 1.11 bits per heavy atom. The number of rotatable bonds is 8. The number of hydrogen-bond acceptors (Lipinski definition) is 6. The first-order valence-corrected chi connectivity index (χ1v) is 9.67. The highest BCUT2D eigenvalue weighted by Gasteiger charge is 2.09. The van der Waals surface area contributed by atoms with Gasteiger partial charge in [-0.05, 0) is 55.0 Å². The molecule has 1 aromatic heterocycles. The number of nitrogens with zero attached hydrogens (tertiary/aromatic N) is 2. The molecule has 0 saturated heterocycles. The molecule has 142 valence electrons. The summed E-state index contributed by atoms with van der Waals surface area (Å²) in [6, 6.07) is 16.3. The average Bonchev–Trinajstić information content (AvgIpc) is 3.20. The van der Waals surface area contributed by atoms with Gasteiger partial charge in [0.1, 0.15) is 11.5 Å². The number of thiazole rings is 1. The third kappa shape index (κ3) is 5.32. The van der Waals surface area contributed by atoms with Crippen LogP contribution in [0.4, 0.5) is 5.13 Å². The van der Waals surface area contributed by atoms with Crippen LogP contribution in [0, 0.1) is 11.3 Å². The molecular formula is C21H19N3O3S. The number of ether oxygens (including phenoxy) is 2. The molecule has 28 heavy (non-hydrogen) atoms. The summed E-state index contributed by atoms with van der Waals surface area (Å²) < 4.78 is 11.0. The quantitative estimate of drug-likeness (QED) is 0.610. The van der Waals surface area contributed by atoms with Gasteiger partial charge in [0.15, 0.2) is 11.7 Å². The Hall–Kier alpha value is -3.37. The molecule has 3 aromatic rings. The Kier molecular flexibility index (Phi) is 6.60. The van der Waals surface area contributed by atoms with Gasteiger partial charge in [0.2, 0.25) is 0 Å². The van der Waals surface area contributed by atoms with Crippen LogP contribution in [0.15, 0.2) is 53.9 Å². The van der Waals surface area contributed by atoms with Crippen molar-refractivity contribution in [3.8, 4) is 28.8 Å². The smallest absolute Gasteiger partial charge is 0.264 e. The van der Waals surface area contributed by atoms with Crippen molar-refractivity contribution < 1.29 is 14.3 Å². The molecule has 7 heteroatoms. The van der Waals surface area contributed by atoms with Gasteiger partial charge in [0, 0.05) is 10.9 Å². The third-order valence-electron chi connectivity index (χ3n) is 3.73. The maximum Gasteiger partial charge on any atom is 0.264 e. The summed E-state index contributed by atoms with van der Waals surface area (Å²) in [7, 11) is 0. The molecular weight excluding hydrogens is 374 g/mol. The number of anilines is 1. The summed E-state index contributed by atoms with van der Waals surface area (Å²) >= 11 is 1.35. The molecule has 0 unspecified atom stereocenters. The fourth-order valence-corrected chi connectivity index (χ4v) is 3.07. The van der Waals surface area contributed by atoms with E-state index in [9.17, 15) is 4.79 Å². The first-order chi connectivity index (χ1) is 13.7. The Morgan fingerprint density at radius 2 is 1.79 bits per heavy atom. The molecule has 0 radical (unpaired) electrons. The minimum Gasteiger partial charge on any atom is -0.494 e. The molecule has 0 spiro atoms. The van der Waals surface area contributed by atoms with Gasteiger partial charge in [-0.1, -0.05) is 6.92 Å². The lowest BCUT2D eigenvalue weighted by Gasteiger charge is -2.06. The van der Waals surface area contributed by atoms with Crippen molar-refractivity contribution in [3.05, 3.63) is 59.5 Å². The van der Waals surface area contributed by atoms with E-state index < -0.39 is 0 Å². The minimum absolute atomic E-state index is 0.135. The van der Waals surface area contributed by atoms with E-state index in [-0.39, 0.29) is 12.5 Å². The summed E-state index contributed by atoms with van der Waals surface area (Å²) in [5.74, 6) is 1.06. The van der Waals surface area contributed by atoms with E-state index in [1.165, 1.54) is 11.3 Å². The molecule has 1 heterocycles. The zero-order valence-electron chi connectivity index (χ0n) is 15.3. The molecule has 1 N–H and O–H groups in total. The van der Waals surface area contributed by atoms with Gasteiger partial charge < -0.3 is 9.47 Å². The fourth-order valence-electron chi connectivity index (χ4n) is 2.34. The summed E-state index contributed by atoms with van der Waals surface area (Å²) in [5.41, 5.74) is 2.28. The van der Waals surface area contributed by atoms with Crippen molar-refractivity contribution in [2.24, 2.45) is 0 Å². The molecule has 1 amide bonds. The van der Waals surface area contributed by atoms with Crippen LogP contribution in [0.1, 0.15) is 18.9 Å². The van der Waals surface area contributed by atoms with Crippen molar-refractivity contribution in [3.63, 3.8) is 0 Å². The number of amides is 1. The maximum absolute atomic E-state index is 12.1. The molecule has 0 aliphatic carbocycles. The highest BCUT2D eigenvalue weighted by Crippen LogP contribution is 2.26. The summed E-state index contributed by atoms with van der Waals surface area (Å²) in [5, 5.41) is 13.9. The molecule has 0 fully saturated rings. The van der Waals surface area contributed by atoms with E-state index in [0.717, 1.165) is 23.4 Å². The predicted molar refractivity (Wildman–Crippen MR) is 109 cm³/mol. The van der Waals surface area contributed by atoms with Gasteiger partial charge in [0.05, 0.1) is 23.9 Å². The fraction of sp³-hybridized carbons (Fsp3) is 0.190. The number of hydrogen-bond donors (Lipinski definition) is 1. The van der Waals surface area contributed by atoms with Gasteiger partial charge in [-0.3, -0.25) is 10.1 Å². The normalized spacial score (nSPS) is 10.1. The zero-order valence-corrected chi connectivity index (χ0v) is 16.2. The molecule has 6 nitrogen and oxygen atoms in total. The highest BCUT2D eigenvalue weighted by molar-refractivity contribution is 7.14. The summed E-state index contributed by atoms with van der Waals surface area (Å²) in [6.07, 6.45) is 0.964. The summed E-state index contributed by atoms with van der Waals surface area (Å²) in [4.78, 5) is 16.5. The number of carbonyl (C=O) groups is 1. The van der Waals surface area contributed by atoms with Crippen LogP contribution in [0.3, 0.4) is 0 Å². The van der Waals surface area contributed by atoms with Gasteiger partial charge in [0.25, 0.3) is 5.91 Å². The van der Waals surface area contributed by atoms with Crippen LogP contribution in [0.2, 0.25) is 0 Å². The largest absolute Gasteiger partial charge is 0.494 e. The van der Waals surface area contributed by atoms with E-state index >= 15 is 0 Å². The number of aromatic nitrogens is 1. The van der Waals surface area contributed by atoms with Crippen molar-refractivity contribution in [2.45, 2.75) is 13.3 Å². The second kappa shape index (κ2) is 9.53. The van der Waals surface area contributed by atoms with E-state index in [4.69, 9.17) is 14.7 Å². The molecule has 2 aromatic carbocycles. The predicted octanol–water partition coefficient (Wildman–Crippen LogP) is 4.49. The van der Waals surface area contributed by atoms with Gasteiger partial charge >= 0.3 is 0 Å². The Bertz CT molecular complexity index is 960. The Morgan fingerprint density at radius 3 is 2.46 bits per heavy atom. The molecule has 0 atom stereocenters. The van der Waals surface area contributed by atoms with Crippen molar-refractivity contribution in [2.75, 3.05) is 18.5 Å². The topological polar surface area (TPSA) is 84.2 Å². The Labute approximate surface area is 167 Å². The standard InChI is InChI=1S/C21H19N3O3S/c1-2-11-26-17-9-5-16(6-10-17)19-14-28-21(23-19)24-20(25)13-27-18-7-3-15(12-22)4-8-18/h3-10,14H,2,11,13H2,1H3,(H,23,24,25). The molecule has 0 saturated carbocycles. The number of nitrogens with one attached hydrogen (secondary N) is 1. The second-order valence-electron chi connectivity index (χ2n) is 5.88. The molecule has 3 rings (SSSR count). The lowest BCUT2D eigenvalue weighted by Crippen LogP contribution is -2.20. The third-order valence-corrected chi connectivity index (χ3v) is 4.48. The van der Waals surface area contributed by atoms with Crippen molar-refractivity contribution in [1.82, 2.24) is 4.98 Å². The molecule has 0 aliphatic rings. The first-order valence-electron chi connectivity index (χ1n) is 8.79. The van der Waals surface area contributed by atoms with Crippen molar-refractivity contribution in [1.29, 1.82) is 5.26 Å². The van der Waals surface area contributed by atoms with Gasteiger partial charge in [-0.2, -0.15) is 5.26 Å². The lowest BCUT2D eigenvalue weighted by atomic mass is 10.2. The van der Waals surface area contributed by atoms with E-state index in [2.05, 4.69) is 17.2 Å². The summed E-state index contributed by atoms with van der Waals surface area (Å²) in [6.45, 7) is 2.62. The minimum atomic E-state index is -0.298. The van der Waals surface area contributed by atoms with E-state index in [0.29, 0.717) is 23.1 Å². The van der Waals surface area contributed by atoms with E-state index in [1.54, 1.807) is 24.3 Å². The molecule has 0 aliphatic heterocycles. The first kappa shape index (κ1) is 19.4. The SMILES string of the molecule is CCCOc1ccc(-c2csc(NC(=O)COc3ccc(C#N)cc3)n2)cc1. The average molecular weight is 393 g/mol. The molecule has 0 bridgehead atoms. The van der Waals surface area contributed by atoms with Gasteiger partial charge in [-0.15, -0.1) is 11.3 Å². The van der Waals surface area contributed by atoms with Gasteiger partial charge in [-0.25, -0.2) is 4.98 Å². The van der Waals surface area contributed by atoms with E-state index in [1.807, 2.05) is 35.7 Å². The van der Waals surface area contributed by atoms with Crippen LogP contribution in [-0.2, 0) is 4.79 Å².